The molecule has 3 heteroatoms. The quantitative estimate of drug-likeness (QED) is 0.524. The lowest BCUT2D eigenvalue weighted by atomic mass is 10.4. The number of likely N-dealkylation sites (tertiary alicyclic amines) is 1. The molecule has 76 valence electrons. The molecule has 0 radical (unpaired) electrons. The van der Waals surface area contributed by atoms with Gasteiger partial charge >= 0.3 is 0 Å². The van der Waals surface area contributed by atoms with Crippen LogP contribution in [0.1, 0.15) is 26.2 Å². The van der Waals surface area contributed by atoms with Crippen molar-refractivity contribution in [1.82, 2.24) is 4.90 Å². The molecule has 13 heavy (non-hydrogen) atoms. The number of hydrogen-bond donors (Lipinski definition) is 0. The minimum absolute atomic E-state index is 0.972. The molecule has 1 fully saturated rings. The van der Waals surface area contributed by atoms with Crippen LogP contribution in [0, 0.1) is 0 Å². The van der Waals surface area contributed by atoms with Crippen LogP contribution in [0.5, 0.6) is 0 Å². The molecule has 1 rings (SSSR count). The lowest BCUT2D eigenvalue weighted by molar-refractivity contribution is 0.521. The van der Waals surface area contributed by atoms with Crippen molar-refractivity contribution < 1.29 is 0 Å². The van der Waals surface area contributed by atoms with Crippen LogP contribution in [0.15, 0.2) is 0 Å². The Kier molecular flexibility index (Phi) is 3.92. The first-order chi connectivity index (χ1) is 6.05. The normalized spacial score (nSPS) is 18.4. The molecule has 0 unspecified atom stereocenters. The minimum atomic E-state index is -0.972. The van der Waals surface area contributed by atoms with Gasteiger partial charge in [-0.15, -0.1) is 0 Å². The fraction of sp³-hybridized carbons (Fsp3) is 0.900. The van der Waals surface area contributed by atoms with Crippen LogP contribution in [0.2, 0.25) is 19.1 Å². The Morgan fingerprint density at radius 3 is 2.62 bits per heavy atom. The first kappa shape index (κ1) is 11.2. The maximum Gasteiger partial charge on any atom is 0.0777 e. The number of thiocarbonyl (C=S) groups is 1. The third kappa shape index (κ3) is 3.39. The number of rotatable bonds is 4. The van der Waals surface area contributed by atoms with Gasteiger partial charge < -0.3 is 4.90 Å². The average molecular weight is 215 g/mol. The van der Waals surface area contributed by atoms with E-state index in [4.69, 9.17) is 12.2 Å². The van der Waals surface area contributed by atoms with Crippen LogP contribution in [0.25, 0.3) is 0 Å². The summed E-state index contributed by atoms with van der Waals surface area (Å²) in [5.41, 5.74) is 0. The van der Waals surface area contributed by atoms with E-state index in [2.05, 4.69) is 24.9 Å². The van der Waals surface area contributed by atoms with Crippen LogP contribution in [0.4, 0.5) is 0 Å². The molecule has 0 aliphatic carbocycles. The molecule has 0 amide bonds. The molecular formula is C10H21NSSi. The van der Waals surface area contributed by atoms with Gasteiger partial charge in [0.15, 0.2) is 0 Å². The molecule has 0 N–H and O–H groups in total. The molecule has 1 aliphatic heterocycles. The minimum Gasteiger partial charge on any atom is -0.369 e. The molecule has 0 aromatic heterocycles. The summed E-state index contributed by atoms with van der Waals surface area (Å²) in [5.74, 6) is 0. The van der Waals surface area contributed by atoms with Gasteiger partial charge in [-0.25, -0.2) is 0 Å². The SMILES string of the molecule is CCC[Si](C)(C)CN1CCCC1=S. The van der Waals surface area contributed by atoms with Gasteiger partial charge in [0.25, 0.3) is 0 Å². The van der Waals surface area contributed by atoms with Crippen molar-refractivity contribution in [1.29, 1.82) is 0 Å². The Morgan fingerprint density at radius 1 is 1.46 bits per heavy atom. The topological polar surface area (TPSA) is 3.24 Å². The van der Waals surface area contributed by atoms with E-state index in [0.717, 1.165) is 6.42 Å². The molecule has 0 aromatic rings. The van der Waals surface area contributed by atoms with Crippen molar-refractivity contribution in [2.45, 2.75) is 45.3 Å². The third-order valence-corrected chi connectivity index (χ3v) is 6.27. The molecule has 0 spiro atoms. The number of hydrogen-bond acceptors (Lipinski definition) is 1. The molecule has 1 saturated heterocycles. The van der Waals surface area contributed by atoms with Crippen LogP contribution in [-0.4, -0.2) is 30.7 Å². The van der Waals surface area contributed by atoms with Gasteiger partial charge in [-0.1, -0.05) is 44.7 Å². The van der Waals surface area contributed by atoms with Gasteiger partial charge in [-0.3, -0.25) is 0 Å². The summed E-state index contributed by atoms with van der Waals surface area (Å²) in [6.07, 6.45) is 5.07. The van der Waals surface area contributed by atoms with Gasteiger partial charge in [0.1, 0.15) is 0 Å². The zero-order chi connectivity index (χ0) is 9.90. The zero-order valence-corrected chi connectivity index (χ0v) is 10.9. The monoisotopic (exact) mass is 215 g/mol. The van der Waals surface area contributed by atoms with Crippen molar-refractivity contribution in [3.05, 3.63) is 0 Å². The van der Waals surface area contributed by atoms with Gasteiger partial charge in [-0.2, -0.15) is 0 Å². The van der Waals surface area contributed by atoms with E-state index in [1.165, 1.54) is 36.6 Å². The lowest BCUT2D eigenvalue weighted by Gasteiger charge is -2.29. The number of nitrogens with zero attached hydrogens (tertiary/aromatic N) is 1. The highest BCUT2D eigenvalue weighted by Crippen LogP contribution is 2.18. The predicted molar refractivity (Wildman–Crippen MR) is 66.0 cm³/mol. The Labute approximate surface area is 88.5 Å². The molecule has 0 saturated carbocycles. The molecule has 0 atom stereocenters. The van der Waals surface area contributed by atoms with E-state index >= 15 is 0 Å². The first-order valence-corrected chi connectivity index (χ1v) is 9.15. The Bertz CT molecular complexity index is 191. The summed E-state index contributed by atoms with van der Waals surface area (Å²) in [7, 11) is -0.972. The molecule has 0 bridgehead atoms. The summed E-state index contributed by atoms with van der Waals surface area (Å²) in [5, 5.41) is 0. The smallest absolute Gasteiger partial charge is 0.0777 e. The van der Waals surface area contributed by atoms with Crippen molar-refractivity contribution in [3.8, 4) is 0 Å². The molecular weight excluding hydrogens is 194 g/mol. The molecule has 1 aliphatic rings. The molecule has 1 nitrogen and oxygen atoms in total. The van der Waals surface area contributed by atoms with E-state index in [1.807, 2.05) is 0 Å². The highest BCUT2D eigenvalue weighted by atomic mass is 32.1. The van der Waals surface area contributed by atoms with Crippen LogP contribution in [0.3, 0.4) is 0 Å². The summed E-state index contributed by atoms with van der Waals surface area (Å²) >= 11 is 5.34. The van der Waals surface area contributed by atoms with Crippen LogP contribution in [-0.2, 0) is 0 Å². The highest BCUT2D eigenvalue weighted by molar-refractivity contribution is 7.80. The van der Waals surface area contributed by atoms with Crippen LogP contribution >= 0.6 is 12.2 Å². The van der Waals surface area contributed by atoms with Crippen LogP contribution < -0.4 is 0 Å². The standard InChI is InChI=1S/C10H21NSSi/c1-4-8-13(2,3)9-11-7-5-6-10(11)12/h4-9H2,1-3H3. The van der Waals surface area contributed by atoms with E-state index in [9.17, 15) is 0 Å². The summed E-state index contributed by atoms with van der Waals surface area (Å²) in [6, 6.07) is 1.44. The zero-order valence-electron chi connectivity index (χ0n) is 9.10. The van der Waals surface area contributed by atoms with E-state index in [-0.39, 0.29) is 0 Å². The maximum atomic E-state index is 5.34. The lowest BCUT2D eigenvalue weighted by Crippen LogP contribution is -2.42. The fourth-order valence-corrected chi connectivity index (χ4v) is 5.45. The van der Waals surface area contributed by atoms with Gasteiger partial charge in [-0.05, 0) is 12.8 Å². The second-order valence-electron chi connectivity index (χ2n) is 4.83. The maximum absolute atomic E-state index is 5.34. The van der Waals surface area contributed by atoms with Gasteiger partial charge in [0.05, 0.1) is 13.1 Å². The Morgan fingerprint density at radius 2 is 2.15 bits per heavy atom. The van der Waals surface area contributed by atoms with Crippen molar-refractivity contribution in [2.24, 2.45) is 0 Å². The molecule has 1 heterocycles. The summed E-state index contributed by atoms with van der Waals surface area (Å²) in [6.45, 7) is 8.48. The van der Waals surface area contributed by atoms with E-state index < -0.39 is 8.07 Å². The average Bonchev–Trinajstić information content (AvgIpc) is 2.35. The van der Waals surface area contributed by atoms with Crippen molar-refractivity contribution in [2.75, 3.05) is 12.7 Å². The predicted octanol–water partition coefficient (Wildman–Crippen LogP) is 3.07. The van der Waals surface area contributed by atoms with Crippen molar-refractivity contribution in [3.63, 3.8) is 0 Å². The largest absolute Gasteiger partial charge is 0.369 e. The second kappa shape index (κ2) is 4.56. The third-order valence-electron chi connectivity index (χ3n) is 2.72. The van der Waals surface area contributed by atoms with Gasteiger partial charge in [0, 0.05) is 12.7 Å². The van der Waals surface area contributed by atoms with E-state index in [0.29, 0.717) is 0 Å². The Hall–Kier alpha value is 0.107. The second-order valence-corrected chi connectivity index (χ2v) is 10.4. The molecule has 0 aromatic carbocycles. The van der Waals surface area contributed by atoms with Crippen molar-refractivity contribution >= 4 is 25.3 Å². The first-order valence-electron chi connectivity index (χ1n) is 5.33. The summed E-state index contributed by atoms with van der Waals surface area (Å²) in [4.78, 5) is 3.67. The highest BCUT2D eigenvalue weighted by Gasteiger charge is 2.26. The van der Waals surface area contributed by atoms with E-state index in [1.54, 1.807) is 0 Å². The Balaban J connectivity index is 2.42. The summed E-state index contributed by atoms with van der Waals surface area (Å²) < 4.78 is 0. The van der Waals surface area contributed by atoms with Gasteiger partial charge in [0.2, 0.25) is 0 Å². The fourth-order valence-electron chi connectivity index (χ4n) is 2.14.